The average Bonchev–Trinajstić information content (AvgIpc) is 2.28. The Morgan fingerprint density at radius 1 is 1.44 bits per heavy atom. The minimum Gasteiger partial charge on any atom is -0.365 e. The Morgan fingerprint density at radius 2 is 2.25 bits per heavy atom. The molecule has 0 amide bonds. The fraction of sp³-hybridized carbons (Fsp3) is 0.308. The van der Waals surface area contributed by atoms with Crippen LogP contribution in [0.5, 0.6) is 0 Å². The molecule has 0 spiro atoms. The van der Waals surface area contributed by atoms with Gasteiger partial charge in [-0.25, -0.2) is 4.39 Å². The molecule has 2 nitrogen and oxygen atoms in total. The highest BCUT2D eigenvalue weighted by molar-refractivity contribution is 5.76. The zero-order valence-electron chi connectivity index (χ0n) is 9.24. The second kappa shape index (κ2) is 4.47. The molecule has 1 aliphatic rings. The van der Waals surface area contributed by atoms with Crippen molar-refractivity contribution >= 4 is 12.0 Å². The largest absolute Gasteiger partial charge is 0.365 e. The van der Waals surface area contributed by atoms with Crippen molar-refractivity contribution in [2.75, 3.05) is 18.0 Å². The van der Waals surface area contributed by atoms with Crippen molar-refractivity contribution in [1.82, 2.24) is 0 Å². The number of carbonyl (C=O) groups excluding carboxylic acids is 1. The van der Waals surface area contributed by atoms with Gasteiger partial charge in [-0.1, -0.05) is 11.6 Å². The maximum Gasteiger partial charge on any atom is 0.150 e. The minimum atomic E-state index is -0.320. The highest BCUT2D eigenvalue weighted by Gasteiger charge is 2.14. The summed E-state index contributed by atoms with van der Waals surface area (Å²) in [5.41, 5.74) is 2.22. The van der Waals surface area contributed by atoms with Crippen molar-refractivity contribution in [2.45, 2.75) is 13.3 Å². The van der Waals surface area contributed by atoms with Gasteiger partial charge in [-0.15, -0.1) is 0 Å². The molecule has 0 aromatic heterocycles. The van der Waals surface area contributed by atoms with Gasteiger partial charge in [0.05, 0.1) is 5.69 Å². The molecule has 3 heteroatoms. The standard InChI is InChI=1S/C13H14FNO/c1-10-3-2-6-15(8-10)13-5-4-11(9-16)7-12(13)14/h3-5,7,9H,2,6,8H2,1H3. The number of nitrogens with zero attached hydrogens (tertiary/aromatic N) is 1. The number of hydrogen-bond donors (Lipinski definition) is 0. The lowest BCUT2D eigenvalue weighted by molar-refractivity contribution is 0.112. The molecule has 1 aromatic rings. The normalized spacial score (nSPS) is 15.9. The molecule has 16 heavy (non-hydrogen) atoms. The predicted octanol–water partition coefficient (Wildman–Crippen LogP) is 2.79. The van der Waals surface area contributed by atoms with Gasteiger partial charge in [-0.3, -0.25) is 4.79 Å². The van der Waals surface area contributed by atoms with Crippen LogP contribution in [-0.2, 0) is 0 Å². The van der Waals surface area contributed by atoms with Gasteiger partial charge in [0.25, 0.3) is 0 Å². The van der Waals surface area contributed by atoms with Gasteiger partial charge in [-0.05, 0) is 31.5 Å². The SMILES string of the molecule is CC1=CCCN(c2ccc(C=O)cc2F)C1. The van der Waals surface area contributed by atoms with E-state index in [2.05, 4.69) is 6.08 Å². The van der Waals surface area contributed by atoms with Crippen LogP contribution in [0.25, 0.3) is 0 Å². The first-order valence-electron chi connectivity index (χ1n) is 5.36. The Hall–Kier alpha value is -1.64. The van der Waals surface area contributed by atoms with E-state index < -0.39 is 0 Å². The van der Waals surface area contributed by atoms with Gasteiger partial charge in [0.2, 0.25) is 0 Å². The fourth-order valence-electron chi connectivity index (χ4n) is 1.97. The third kappa shape index (κ3) is 2.13. The molecule has 0 saturated heterocycles. The van der Waals surface area contributed by atoms with Crippen LogP contribution in [-0.4, -0.2) is 19.4 Å². The highest BCUT2D eigenvalue weighted by Crippen LogP contribution is 2.23. The van der Waals surface area contributed by atoms with Crippen molar-refractivity contribution in [1.29, 1.82) is 0 Å². The van der Waals surface area contributed by atoms with E-state index in [9.17, 15) is 9.18 Å². The number of carbonyl (C=O) groups is 1. The zero-order valence-corrected chi connectivity index (χ0v) is 9.24. The number of anilines is 1. The first-order chi connectivity index (χ1) is 7.70. The molecule has 0 unspecified atom stereocenters. The van der Waals surface area contributed by atoms with E-state index in [-0.39, 0.29) is 5.82 Å². The van der Waals surface area contributed by atoms with Crippen molar-refractivity contribution in [2.24, 2.45) is 0 Å². The minimum absolute atomic E-state index is 0.320. The maximum atomic E-state index is 13.7. The molecular weight excluding hydrogens is 205 g/mol. The Balaban J connectivity index is 2.27. The molecule has 0 N–H and O–H groups in total. The summed E-state index contributed by atoms with van der Waals surface area (Å²) in [6, 6.07) is 4.62. The number of rotatable bonds is 2. The van der Waals surface area contributed by atoms with Gasteiger partial charge < -0.3 is 4.90 Å². The summed E-state index contributed by atoms with van der Waals surface area (Å²) >= 11 is 0. The molecule has 0 radical (unpaired) electrons. The van der Waals surface area contributed by atoms with Crippen LogP contribution in [0, 0.1) is 5.82 Å². The molecule has 0 fully saturated rings. The first kappa shape index (κ1) is 10.9. The van der Waals surface area contributed by atoms with Crippen molar-refractivity contribution in [3.63, 3.8) is 0 Å². The molecule has 2 rings (SSSR count). The van der Waals surface area contributed by atoms with Crippen LogP contribution in [0.1, 0.15) is 23.7 Å². The lowest BCUT2D eigenvalue weighted by Gasteiger charge is -2.28. The van der Waals surface area contributed by atoms with Gasteiger partial charge in [0, 0.05) is 18.7 Å². The Kier molecular flexibility index (Phi) is 3.04. The van der Waals surface area contributed by atoms with E-state index in [1.165, 1.54) is 11.6 Å². The maximum absolute atomic E-state index is 13.7. The molecule has 0 saturated carbocycles. The summed E-state index contributed by atoms with van der Waals surface area (Å²) in [6.45, 7) is 3.63. The smallest absolute Gasteiger partial charge is 0.150 e. The van der Waals surface area contributed by atoms with Crippen LogP contribution < -0.4 is 4.90 Å². The highest BCUT2D eigenvalue weighted by atomic mass is 19.1. The Bertz CT molecular complexity index is 440. The molecule has 84 valence electrons. The topological polar surface area (TPSA) is 20.3 Å². The van der Waals surface area contributed by atoms with Gasteiger partial charge >= 0.3 is 0 Å². The summed E-state index contributed by atoms with van der Waals surface area (Å²) in [5, 5.41) is 0. The monoisotopic (exact) mass is 219 g/mol. The van der Waals surface area contributed by atoms with Crippen LogP contribution in [0.2, 0.25) is 0 Å². The number of halogens is 1. The molecular formula is C13H14FNO. The average molecular weight is 219 g/mol. The quantitative estimate of drug-likeness (QED) is 0.563. The third-order valence-corrected chi connectivity index (χ3v) is 2.78. The second-order valence-corrected chi connectivity index (χ2v) is 4.09. The van der Waals surface area contributed by atoms with Crippen molar-refractivity contribution in [3.8, 4) is 0 Å². The Labute approximate surface area is 94.4 Å². The third-order valence-electron chi connectivity index (χ3n) is 2.78. The van der Waals surface area contributed by atoms with Crippen LogP contribution >= 0.6 is 0 Å². The Morgan fingerprint density at radius 3 is 2.88 bits per heavy atom. The van der Waals surface area contributed by atoms with E-state index in [4.69, 9.17) is 0 Å². The fourth-order valence-corrected chi connectivity index (χ4v) is 1.97. The lowest BCUT2D eigenvalue weighted by atomic mass is 10.1. The zero-order chi connectivity index (χ0) is 11.5. The van der Waals surface area contributed by atoms with E-state index in [0.29, 0.717) is 17.5 Å². The number of aldehydes is 1. The van der Waals surface area contributed by atoms with Crippen LogP contribution in [0.4, 0.5) is 10.1 Å². The van der Waals surface area contributed by atoms with Crippen LogP contribution in [0.15, 0.2) is 29.8 Å². The predicted molar refractivity (Wildman–Crippen MR) is 62.4 cm³/mol. The summed E-state index contributed by atoms with van der Waals surface area (Å²) in [4.78, 5) is 12.5. The van der Waals surface area contributed by atoms with Gasteiger partial charge in [-0.2, -0.15) is 0 Å². The number of hydrogen-bond acceptors (Lipinski definition) is 2. The second-order valence-electron chi connectivity index (χ2n) is 4.09. The molecule has 0 atom stereocenters. The van der Waals surface area contributed by atoms with E-state index in [1.54, 1.807) is 12.1 Å². The summed E-state index contributed by atoms with van der Waals surface area (Å²) < 4.78 is 13.7. The summed E-state index contributed by atoms with van der Waals surface area (Å²) in [7, 11) is 0. The van der Waals surface area contributed by atoms with Crippen molar-refractivity contribution in [3.05, 3.63) is 41.2 Å². The van der Waals surface area contributed by atoms with Gasteiger partial charge in [0.15, 0.2) is 0 Å². The van der Waals surface area contributed by atoms with E-state index >= 15 is 0 Å². The van der Waals surface area contributed by atoms with Crippen LogP contribution in [0.3, 0.4) is 0 Å². The summed E-state index contributed by atoms with van der Waals surface area (Å²) in [5.74, 6) is -0.320. The van der Waals surface area contributed by atoms with E-state index in [1.807, 2.05) is 11.8 Å². The first-order valence-corrected chi connectivity index (χ1v) is 5.36. The summed E-state index contributed by atoms with van der Waals surface area (Å²) in [6.07, 6.45) is 3.78. The lowest BCUT2D eigenvalue weighted by Crippen LogP contribution is -2.29. The molecule has 0 aliphatic carbocycles. The molecule has 1 heterocycles. The number of benzene rings is 1. The van der Waals surface area contributed by atoms with Gasteiger partial charge in [0.1, 0.15) is 12.1 Å². The molecule has 1 aromatic carbocycles. The molecule has 1 aliphatic heterocycles. The molecule has 0 bridgehead atoms. The van der Waals surface area contributed by atoms with E-state index in [0.717, 1.165) is 19.5 Å². The van der Waals surface area contributed by atoms with Crippen molar-refractivity contribution < 1.29 is 9.18 Å².